The van der Waals surface area contributed by atoms with Crippen LogP contribution < -0.4 is 5.32 Å². The Morgan fingerprint density at radius 3 is 2.24 bits per heavy atom. The van der Waals surface area contributed by atoms with E-state index in [4.69, 9.17) is 0 Å². The molecule has 0 heterocycles. The summed E-state index contributed by atoms with van der Waals surface area (Å²) in [5.41, 5.74) is -3.03. The van der Waals surface area contributed by atoms with Crippen LogP contribution in [-0.2, 0) is 6.18 Å². The van der Waals surface area contributed by atoms with Gasteiger partial charge in [-0.25, -0.2) is 0 Å². The van der Waals surface area contributed by atoms with Gasteiger partial charge >= 0.3 is 12.4 Å². The second-order valence-electron chi connectivity index (χ2n) is 5.10. The summed E-state index contributed by atoms with van der Waals surface area (Å²) in [7, 11) is 0. The molecule has 0 saturated heterocycles. The second kappa shape index (κ2) is 5.17. The molecule has 2 nitrogen and oxygen atoms in total. The number of rotatable bonds is 4. The first-order chi connectivity index (χ1) is 9.55. The molecule has 0 aliphatic heterocycles. The number of benzene rings is 1. The summed E-state index contributed by atoms with van der Waals surface area (Å²) >= 11 is 0. The number of nitrogens with one attached hydrogen (secondary N) is 1. The molecule has 1 aliphatic rings. The molecule has 0 amide bonds. The van der Waals surface area contributed by atoms with E-state index in [0.29, 0.717) is 0 Å². The third-order valence-corrected chi connectivity index (χ3v) is 3.53. The zero-order chi connectivity index (χ0) is 15.9. The third-order valence-electron chi connectivity index (χ3n) is 3.53. The van der Waals surface area contributed by atoms with Crippen molar-refractivity contribution in [3.63, 3.8) is 0 Å². The summed E-state index contributed by atoms with van der Waals surface area (Å²) in [5.74, 6) is 0. The lowest BCUT2D eigenvalue weighted by molar-refractivity contribution is -0.166. The molecule has 8 heteroatoms. The van der Waals surface area contributed by atoms with Gasteiger partial charge in [0.2, 0.25) is 0 Å². The fourth-order valence-corrected chi connectivity index (χ4v) is 2.02. The molecule has 0 spiro atoms. The van der Waals surface area contributed by atoms with Gasteiger partial charge < -0.3 is 10.4 Å². The van der Waals surface area contributed by atoms with E-state index in [1.165, 1.54) is 6.07 Å². The molecule has 1 atom stereocenters. The van der Waals surface area contributed by atoms with Gasteiger partial charge in [0.15, 0.2) is 0 Å². The van der Waals surface area contributed by atoms with E-state index in [1.807, 2.05) is 0 Å². The van der Waals surface area contributed by atoms with Gasteiger partial charge in [0.05, 0.1) is 11.7 Å². The average molecular weight is 313 g/mol. The lowest BCUT2D eigenvalue weighted by Crippen LogP contribution is -2.46. The van der Waals surface area contributed by atoms with E-state index >= 15 is 0 Å². The predicted octanol–water partition coefficient (Wildman–Crippen LogP) is 3.42. The number of hydrogen-bond acceptors (Lipinski definition) is 2. The Morgan fingerprint density at radius 1 is 1.14 bits per heavy atom. The maximum absolute atomic E-state index is 12.7. The Hall–Kier alpha value is -1.28. The lowest BCUT2D eigenvalue weighted by Gasteiger charge is -2.23. The molecule has 1 aromatic carbocycles. The van der Waals surface area contributed by atoms with Crippen LogP contribution >= 0.6 is 0 Å². The van der Waals surface area contributed by atoms with Crippen LogP contribution in [0.2, 0.25) is 0 Å². The standard InChI is InChI=1S/C13H13F6NO/c14-12(15,16)9-3-1-2-8(6-9)10(21)7-20-11(4-5-11)13(17,18)19/h1-3,6,10,20-21H,4-5,7H2. The Kier molecular flexibility index (Phi) is 3.96. The molecular formula is C13H13F6NO. The van der Waals surface area contributed by atoms with Crippen LogP contribution in [0.3, 0.4) is 0 Å². The number of aliphatic hydroxyl groups is 1. The van der Waals surface area contributed by atoms with Gasteiger partial charge in [0.1, 0.15) is 5.54 Å². The highest BCUT2D eigenvalue weighted by atomic mass is 19.4. The minimum atomic E-state index is -4.56. The maximum atomic E-state index is 12.7. The van der Waals surface area contributed by atoms with Gasteiger partial charge in [-0.2, -0.15) is 26.3 Å². The Balaban J connectivity index is 2.03. The largest absolute Gasteiger partial charge is 0.416 e. The molecule has 1 unspecified atom stereocenters. The van der Waals surface area contributed by atoms with Crippen molar-refractivity contribution in [2.24, 2.45) is 0 Å². The van der Waals surface area contributed by atoms with Crippen molar-refractivity contribution in [3.05, 3.63) is 35.4 Å². The topological polar surface area (TPSA) is 32.3 Å². The fourth-order valence-electron chi connectivity index (χ4n) is 2.02. The average Bonchev–Trinajstić information content (AvgIpc) is 3.15. The monoisotopic (exact) mass is 313 g/mol. The molecule has 1 fully saturated rings. The van der Waals surface area contributed by atoms with Gasteiger partial charge in [0, 0.05) is 6.54 Å². The SMILES string of the molecule is OC(CNC1(C(F)(F)F)CC1)c1cccc(C(F)(F)F)c1. The summed E-state index contributed by atoms with van der Waals surface area (Å²) in [6.07, 6.45) is -10.6. The highest BCUT2D eigenvalue weighted by molar-refractivity contribution is 5.27. The van der Waals surface area contributed by atoms with E-state index in [2.05, 4.69) is 5.32 Å². The van der Waals surface area contributed by atoms with E-state index < -0.39 is 36.1 Å². The molecule has 0 aromatic heterocycles. The molecule has 1 aliphatic carbocycles. The predicted molar refractivity (Wildman–Crippen MR) is 62.4 cm³/mol. The first-order valence-corrected chi connectivity index (χ1v) is 6.22. The highest BCUT2D eigenvalue weighted by Gasteiger charge is 2.63. The maximum Gasteiger partial charge on any atom is 0.416 e. The van der Waals surface area contributed by atoms with Crippen molar-refractivity contribution < 1.29 is 31.4 Å². The first kappa shape index (κ1) is 16.1. The summed E-state index contributed by atoms with van der Waals surface area (Å²) in [4.78, 5) is 0. The lowest BCUT2D eigenvalue weighted by atomic mass is 10.1. The van der Waals surface area contributed by atoms with Crippen molar-refractivity contribution in [3.8, 4) is 0 Å². The van der Waals surface area contributed by atoms with E-state index in [-0.39, 0.29) is 18.4 Å². The van der Waals surface area contributed by atoms with Crippen LogP contribution in [0.4, 0.5) is 26.3 Å². The first-order valence-electron chi connectivity index (χ1n) is 6.22. The van der Waals surface area contributed by atoms with Crippen LogP contribution in [0.1, 0.15) is 30.1 Å². The molecule has 2 rings (SSSR count). The van der Waals surface area contributed by atoms with Crippen LogP contribution in [0.15, 0.2) is 24.3 Å². The Bertz CT molecular complexity index is 506. The molecule has 2 N–H and O–H groups in total. The molecule has 21 heavy (non-hydrogen) atoms. The quantitative estimate of drug-likeness (QED) is 0.835. The normalized spacial score (nSPS) is 19.4. The van der Waals surface area contributed by atoms with Crippen LogP contribution in [0, 0.1) is 0 Å². The van der Waals surface area contributed by atoms with Gasteiger partial charge in [0.25, 0.3) is 0 Å². The zero-order valence-corrected chi connectivity index (χ0v) is 10.7. The number of hydrogen-bond donors (Lipinski definition) is 2. The second-order valence-corrected chi connectivity index (χ2v) is 5.10. The van der Waals surface area contributed by atoms with Gasteiger partial charge in [-0.05, 0) is 30.5 Å². The van der Waals surface area contributed by atoms with E-state index in [0.717, 1.165) is 18.2 Å². The Labute approximate surface area is 116 Å². The summed E-state index contributed by atoms with van der Waals surface area (Å²) in [5, 5.41) is 12.0. The van der Waals surface area contributed by atoms with Gasteiger partial charge in [-0.3, -0.25) is 0 Å². The van der Waals surface area contributed by atoms with Crippen LogP contribution in [0.25, 0.3) is 0 Å². The number of alkyl halides is 6. The number of aliphatic hydroxyl groups excluding tert-OH is 1. The smallest absolute Gasteiger partial charge is 0.387 e. The minimum absolute atomic E-state index is 0.0738. The van der Waals surface area contributed by atoms with Crippen molar-refractivity contribution in [2.75, 3.05) is 6.54 Å². The molecule has 1 aromatic rings. The number of halogens is 6. The van der Waals surface area contributed by atoms with Gasteiger partial charge in [-0.1, -0.05) is 12.1 Å². The molecular weight excluding hydrogens is 300 g/mol. The van der Waals surface area contributed by atoms with E-state index in [1.54, 1.807) is 0 Å². The van der Waals surface area contributed by atoms with Gasteiger partial charge in [-0.15, -0.1) is 0 Å². The van der Waals surface area contributed by atoms with Crippen molar-refractivity contribution >= 4 is 0 Å². The molecule has 0 bridgehead atoms. The highest BCUT2D eigenvalue weighted by Crippen LogP contribution is 2.49. The van der Waals surface area contributed by atoms with Crippen molar-refractivity contribution in [1.82, 2.24) is 5.32 Å². The third kappa shape index (κ3) is 3.49. The molecule has 1 saturated carbocycles. The van der Waals surface area contributed by atoms with E-state index in [9.17, 15) is 31.4 Å². The van der Waals surface area contributed by atoms with Crippen molar-refractivity contribution in [1.29, 1.82) is 0 Å². The van der Waals surface area contributed by atoms with Crippen molar-refractivity contribution in [2.45, 2.75) is 36.8 Å². The van der Waals surface area contributed by atoms with Crippen LogP contribution in [-0.4, -0.2) is 23.4 Å². The minimum Gasteiger partial charge on any atom is -0.387 e. The summed E-state index contributed by atoms with van der Waals surface area (Å²) < 4.78 is 75.6. The zero-order valence-electron chi connectivity index (χ0n) is 10.7. The molecule has 118 valence electrons. The fraction of sp³-hybridized carbons (Fsp3) is 0.538. The number of β-amino-alcohol motifs (C(OH)–C–C–N with tert-alkyl or cyclic N) is 1. The Morgan fingerprint density at radius 2 is 1.76 bits per heavy atom. The van der Waals surface area contributed by atoms with Crippen LogP contribution in [0.5, 0.6) is 0 Å². The summed E-state index contributed by atoms with van der Waals surface area (Å²) in [6.45, 7) is -0.458. The summed E-state index contributed by atoms with van der Waals surface area (Å²) in [6, 6.07) is 3.92. The molecule has 0 radical (unpaired) electrons.